The molecule has 2 aromatic rings. The summed E-state index contributed by atoms with van der Waals surface area (Å²) < 4.78 is 11.1. The summed E-state index contributed by atoms with van der Waals surface area (Å²) in [5, 5.41) is 0.906. The van der Waals surface area contributed by atoms with E-state index in [-0.39, 0.29) is 5.91 Å². The van der Waals surface area contributed by atoms with Crippen LogP contribution in [0.4, 0.5) is 0 Å². The van der Waals surface area contributed by atoms with Gasteiger partial charge >= 0.3 is 0 Å². The van der Waals surface area contributed by atoms with Crippen LogP contribution >= 0.6 is 0 Å². The van der Waals surface area contributed by atoms with Gasteiger partial charge in [-0.25, -0.2) is 0 Å². The molecule has 0 atom stereocenters. The van der Waals surface area contributed by atoms with E-state index in [1.54, 1.807) is 7.11 Å². The fourth-order valence-corrected chi connectivity index (χ4v) is 3.72. The summed E-state index contributed by atoms with van der Waals surface area (Å²) in [5.74, 6) is 1.06. The van der Waals surface area contributed by atoms with Gasteiger partial charge in [-0.3, -0.25) is 9.69 Å². The number of ether oxygens (including phenoxy) is 1. The highest BCUT2D eigenvalue weighted by molar-refractivity contribution is 5.97. The van der Waals surface area contributed by atoms with E-state index in [2.05, 4.69) is 4.90 Å². The molecule has 5 nitrogen and oxygen atoms in total. The first-order valence-electron chi connectivity index (χ1n) is 8.86. The number of hydrogen-bond acceptors (Lipinski definition) is 4. The van der Waals surface area contributed by atoms with Gasteiger partial charge in [0.15, 0.2) is 17.1 Å². The van der Waals surface area contributed by atoms with Crippen molar-refractivity contribution in [3.05, 3.63) is 30.0 Å². The van der Waals surface area contributed by atoms with Crippen LogP contribution in [0.2, 0.25) is 0 Å². The van der Waals surface area contributed by atoms with Crippen LogP contribution in [0.5, 0.6) is 5.75 Å². The van der Waals surface area contributed by atoms with Crippen molar-refractivity contribution in [1.29, 1.82) is 0 Å². The molecule has 1 aromatic carbocycles. The Labute approximate surface area is 142 Å². The number of carbonyl (C=O) groups is 1. The lowest BCUT2D eigenvalue weighted by Gasteiger charge is -2.36. The monoisotopic (exact) mass is 328 g/mol. The first-order chi connectivity index (χ1) is 11.8. The molecule has 1 amide bonds. The standard InChI is InChI=1S/C19H24N2O3/c1-23-16-8-2-5-14-13-17(24-18(14)16)19(22)21-10-4-9-20(11-12-21)15-6-3-7-15/h2,5,8,13,15H,3-4,6-7,9-12H2,1H3. The number of rotatable bonds is 3. The second-order valence-electron chi connectivity index (χ2n) is 6.76. The van der Waals surface area contributed by atoms with Crippen LogP contribution in [-0.2, 0) is 0 Å². The zero-order valence-corrected chi connectivity index (χ0v) is 14.2. The molecule has 1 aliphatic heterocycles. The zero-order chi connectivity index (χ0) is 16.5. The van der Waals surface area contributed by atoms with Crippen molar-refractivity contribution in [3.63, 3.8) is 0 Å². The normalized spacial score (nSPS) is 20.0. The molecule has 1 saturated carbocycles. The van der Waals surface area contributed by atoms with Gasteiger partial charge in [0.05, 0.1) is 7.11 Å². The van der Waals surface area contributed by atoms with Gasteiger partial charge in [0.25, 0.3) is 5.91 Å². The van der Waals surface area contributed by atoms with Crippen LogP contribution in [-0.4, -0.2) is 55.0 Å². The summed E-state index contributed by atoms with van der Waals surface area (Å²) in [7, 11) is 1.61. The Hall–Kier alpha value is -2.01. The SMILES string of the molecule is COc1cccc2cc(C(=O)N3CCCN(C4CCC4)CC3)oc12. The minimum absolute atomic E-state index is 0.0105. The summed E-state index contributed by atoms with van der Waals surface area (Å²) in [5.41, 5.74) is 0.647. The number of fused-ring (bicyclic) bond motifs is 1. The molecule has 0 bridgehead atoms. The molecule has 24 heavy (non-hydrogen) atoms. The van der Waals surface area contributed by atoms with Crippen molar-refractivity contribution < 1.29 is 13.9 Å². The van der Waals surface area contributed by atoms with Crippen molar-refractivity contribution in [2.75, 3.05) is 33.3 Å². The second-order valence-corrected chi connectivity index (χ2v) is 6.76. The fraction of sp³-hybridized carbons (Fsp3) is 0.526. The van der Waals surface area contributed by atoms with Crippen LogP contribution in [0, 0.1) is 0 Å². The van der Waals surface area contributed by atoms with Crippen LogP contribution < -0.4 is 4.74 Å². The van der Waals surface area contributed by atoms with Gasteiger partial charge in [-0.15, -0.1) is 0 Å². The van der Waals surface area contributed by atoms with Gasteiger partial charge in [-0.2, -0.15) is 0 Å². The minimum Gasteiger partial charge on any atom is -0.493 e. The Balaban J connectivity index is 1.50. The number of benzene rings is 1. The Morgan fingerprint density at radius 2 is 2.04 bits per heavy atom. The van der Waals surface area contributed by atoms with Crippen LogP contribution in [0.15, 0.2) is 28.7 Å². The predicted octanol–water partition coefficient (Wildman–Crippen LogP) is 3.14. The van der Waals surface area contributed by atoms with Crippen molar-refractivity contribution >= 4 is 16.9 Å². The number of carbonyl (C=O) groups excluding carboxylic acids is 1. The molecular formula is C19H24N2O3. The fourth-order valence-electron chi connectivity index (χ4n) is 3.72. The van der Waals surface area contributed by atoms with Crippen molar-refractivity contribution in [2.24, 2.45) is 0 Å². The highest BCUT2D eigenvalue weighted by Crippen LogP contribution is 2.29. The number of furan rings is 1. The lowest BCUT2D eigenvalue weighted by molar-refractivity contribution is 0.0720. The highest BCUT2D eigenvalue weighted by atomic mass is 16.5. The Bertz CT molecular complexity index is 735. The van der Waals surface area contributed by atoms with Crippen molar-refractivity contribution in [2.45, 2.75) is 31.7 Å². The quantitative estimate of drug-likeness (QED) is 0.868. The second kappa shape index (κ2) is 6.48. The van der Waals surface area contributed by atoms with E-state index in [9.17, 15) is 4.79 Å². The van der Waals surface area contributed by atoms with E-state index in [1.165, 1.54) is 19.3 Å². The van der Waals surface area contributed by atoms with Gasteiger partial charge < -0.3 is 14.1 Å². The zero-order valence-electron chi connectivity index (χ0n) is 14.2. The highest BCUT2D eigenvalue weighted by Gasteiger charge is 2.29. The maximum atomic E-state index is 12.9. The summed E-state index contributed by atoms with van der Waals surface area (Å²) in [6.07, 6.45) is 5.02. The molecule has 2 fully saturated rings. The third-order valence-corrected chi connectivity index (χ3v) is 5.35. The Morgan fingerprint density at radius 1 is 1.17 bits per heavy atom. The van der Waals surface area contributed by atoms with E-state index in [0.717, 1.165) is 44.0 Å². The molecular weight excluding hydrogens is 304 g/mol. The number of nitrogens with zero attached hydrogens (tertiary/aromatic N) is 2. The van der Waals surface area contributed by atoms with Gasteiger partial charge in [0.2, 0.25) is 0 Å². The maximum absolute atomic E-state index is 12.9. The maximum Gasteiger partial charge on any atom is 0.289 e. The molecule has 0 unspecified atom stereocenters. The molecule has 5 heteroatoms. The smallest absolute Gasteiger partial charge is 0.289 e. The van der Waals surface area contributed by atoms with E-state index in [0.29, 0.717) is 17.1 Å². The molecule has 4 rings (SSSR count). The number of methoxy groups -OCH3 is 1. The van der Waals surface area contributed by atoms with Crippen LogP contribution in [0.3, 0.4) is 0 Å². The molecule has 2 aliphatic rings. The minimum atomic E-state index is -0.0105. The number of hydrogen-bond donors (Lipinski definition) is 0. The molecule has 0 N–H and O–H groups in total. The van der Waals surface area contributed by atoms with E-state index in [4.69, 9.17) is 9.15 Å². The summed E-state index contributed by atoms with van der Waals surface area (Å²) >= 11 is 0. The van der Waals surface area contributed by atoms with Crippen LogP contribution in [0.1, 0.15) is 36.2 Å². The molecule has 0 radical (unpaired) electrons. The third kappa shape index (κ3) is 2.77. The summed E-state index contributed by atoms with van der Waals surface area (Å²) in [6.45, 7) is 3.65. The summed E-state index contributed by atoms with van der Waals surface area (Å²) in [4.78, 5) is 17.3. The van der Waals surface area contributed by atoms with Crippen molar-refractivity contribution in [3.8, 4) is 5.75 Å². The van der Waals surface area contributed by atoms with Gasteiger partial charge in [-0.1, -0.05) is 18.6 Å². The predicted molar refractivity (Wildman–Crippen MR) is 92.5 cm³/mol. The first-order valence-corrected chi connectivity index (χ1v) is 8.86. The van der Waals surface area contributed by atoms with E-state index >= 15 is 0 Å². The van der Waals surface area contributed by atoms with Crippen molar-refractivity contribution in [1.82, 2.24) is 9.80 Å². The van der Waals surface area contributed by atoms with Crippen LogP contribution in [0.25, 0.3) is 11.0 Å². The van der Waals surface area contributed by atoms with E-state index < -0.39 is 0 Å². The van der Waals surface area contributed by atoms with E-state index in [1.807, 2.05) is 29.2 Å². The number of para-hydroxylation sites is 1. The lowest BCUT2D eigenvalue weighted by Crippen LogP contribution is -2.42. The summed E-state index contributed by atoms with van der Waals surface area (Å²) in [6, 6.07) is 8.28. The lowest BCUT2D eigenvalue weighted by atomic mass is 9.91. The third-order valence-electron chi connectivity index (χ3n) is 5.35. The molecule has 0 spiro atoms. The first kappa shape index (κ1) is 15.5. The molecule has 1 saturated heterocycles. The molecule has 2 heterocycles. The number of amides is 1. The van der Waals surface area contributed by atoms with Gasteiger partial charge in [0, 0.05) is 37.6 Å². The molecule has 128 valence electrons. The largest absolute Gasteiger partial charge is 0.493 e. The average molecular weight is 328 g/mol. The topological polar surface area (TPSA) is 45.9 Å². The Morgan fingerprint density at radius 3 is 2.79 bits per heavy atom. The Kier molecular flexibility index (Phi) is 4.19. The van der Waals surface area contributed by atoms with Gasteiger partial charge in [0.1, 0.15) is 0 Å². The van der Waals surface area contributed by atoms with Gasteiger partial charge in [-0.05, 0) is 31.4 Å². The molecule has 1 aliphatic carbocycles. The molecule has 1 aromatic heterocycles. The average Bonchev–Trinajstić information content (AvgIpc) is 2.85.